The standard InChI is InChI=1S/C46H38N6O9/c1-4-5-30(52-44(60)46-35-32-31-33(35)45(46,34(31)36(32)46)43(59)50-27-12-6-22(20-47)7-13-27)41(56)49-26-14-8-23(9-15-26)39(54)51-29-19-18-28(37(53)38(29)61-21(2)3)40(55)48-25-16-10-24(11-17-25)42(57)58/h1,6-19,21,30-36,53H,5H2,2-3H3,(H,48,55)(H,49,56)(H,50,59)(H,51,54)(H,52,60)(H,57,58)/t30-,31?,32?,33?,34?,35?,36?,45?,46?/m0/s1. The van der Waals surface area contributed by atoms with Gasteiger partial charge in [-0.2, -0.15) is 5.26 Å². The number of carbonyl (C=O) groups excluding carboxylic acids is 5. The van der Waals surface area contributed by atoms with Gasteiger partial charge in [-0.05, 0) is 134 Å². The number of aromatic hydroxyl groups is 1. The van der Waals surface area contributed by atoms with Crippen molar-refractivity contribution in [1.29, 1.82) is 5.26 Å². The Morgan fingerprint density at radius 1 is 0.721 bits per heavy atom. The largest absolute Gasteiger partial charge is 0.504 e. The Labute approximate surface area is 348 Å². The number of carbonyl (C=O) groups is 6. The molecule has 15 nitrogen and oxygen atoms in total. The van der Waals surface area contributed by atoms with E-state index in [0.717, 1.165) is 0 Å². The number of hydrogen-bond donors (Lipinski definition) is 7. The van der Waals surface area contributed by atoms with Gasteiger partial charge in [-0.3, -0.25) is 24.0 Å². The Bertz CT molecular complexity index is 2640. The van der Waals surface area contributed by atoms with Crippen molar-refractivity contribution in [2.45, 2.75) is 32.4 Å². The van der Waals surface area contributed by atoms with Gasteiger partial charge in [-0.1, -0.05) is 0 Å². The van der Waals surface area contributed by atoms with E-state index >= 15 is 0 Å². The minimum Gasteiger partial charge on any atom is -0.504 e. The van der Waals surface area contributed by atoms with E-state index in [9.17, 15) is 33.9 Å². The van der Waals surface area contributed by atoms with Crippen LogP contribution in [0.1, 0.15) is 56.9 Å². The van der Waals surface area contributed by atoms with E-state index in [0.29, 0.717) is 34.5 Å². The van der Waals surface area contributed by atoms with Crippen LogP contribution in [0.25, 0.3) is 0 Å². The van der Waals surface area contributed by atoms with Crippen molar-refractivity contribution in [3.8, 4) is 29.9 Å². The quantitative estimate of drug-likeness (QED) is 0.0834. The van der Waals surface area contributed by atoms with Crippen LogP contribution in [-0.4, -0.2) is 57.9 Å². The summed E-state index contributed by atoms with van der Waals surface area (Å²) in [4.78, 5) is 79.3. The maximum atomic E-state index is 14.2. The zero-order chi connectivity index (χ0) is 43.1. The van der Waals surface area contributed by atoms with E-state index in [1.54, 1.807) is 38.1 Å². The number of nitrogens with one attached hydrogen (secondary N) is 5. The van der Waals surface area contributed by atoms with E-state index in [4.69, 9.17) is 21.5 Å². The number of carboxylic acids is 1. The van der Waals surface area contributed by atoms with Gasteiger partial charge in [0.25, 0.3) is 11.8 Å². The highest BCUT2D eigenvalue weighted by atomic mass is 16.5. The highest BCUT2D eigenvalue weighted by Gasteiger charge is 3.13. The number of hydrogen-bond acceptors (Lipinski definition) is 9. The van der Waals surface area contributed by atoms with Crippen molar-refractivity contribution in [1.82, 2.24) is 5.32 Å². The molecule has 61 heavy (non-hydrogen) atoms. The first kappa shape index (κ1) is 38.8. The fraction of sp³-hybridized carbons (Fsp3) is 0.283. The fourth-order valence-corrected chi connectivity index (χ4v) is 11.2. The molecule has 0 spiro atoms. The zero-order valence-corrected chi connectivity index (χ0v) is 32.7. The van der Waals surface area contributed by atoms with Crippen molar-refractivity contribution >= 4 is 58.3 Å². The minimum absolute atomic E-state index is 0.0338. The number of carboxylic acid groups (broad SMARTS) is 1. The zero-order valence-electron chi connectivity index (χ0n) is 32.7. The number of rotatable bonds is 14. The average molecular weight is 819 g/mol. The molecule has 0 aromatic heterocycles. The van der Waals surface area contributed by atoms with Gasteiger partial charge in [0, 0.05) is 29.0 Å². The van der Waals surface area contributed by atoms with E-state index in [1.165, 1.54) is 60.7 Å². The van der Waals surface area contributed by atoms with Crippen LogP contribution in [-0.2, 0) is 14.4 Å². The van der Waals surface area contributed by atoms with Crippen molar-refractivity contribution in [2.24, 2.45) is 46.3 Å². The van der Waals surface area contributed by atoms with Crippen molar-refractivity contribution in [3.63, 3.8) is 0 Å². The lowest BCUT2D eigenvalue weighted by molar-refractivity contribution is -0.625. The minimum atomic E-state index is -1.12. The molecule has 0 radical (unpaired) electrons. The average Bonchev–Trinajstić information content (AvgIpc) is 3.25. The topological polar surface area (TPSA) is 236 Å². The molecule has 6 saturated carbocycles. The Hall–Kier alpha value is -7.65. The summed E-state index contributed by atoms with van der Waals surface area (Å²) in [6, 6.07) is 21.6. The fourth-order valence-electron chi connectivity index (χ4n) is 11.2. The monoisotopic (exact) mass is 818 g/mol. The van der Waals surface area contributed by atoms with Gasteiger partial charge in [-0.15, -0.1) is 12.3 Å². The molecule has 4 aromatic rings. The lowest BCUT2D eigenvalue weighted by atomic mass is 8.91. The predicted octanol–water partition coefficient (Wildman–Crippen LogP) is 5.08. The van der Waals surface area contributed by atoms with Gasteiger partial charge in [0.05, 0.1) is 45.4 Å². The molecule has 10 rings (SSSR count). The summed E-state index contributed by atoms with van der Waals surface area (Å²) in [5, 5.41) is 43.3. The van der Waals surface area contributed by atoms with Crippen LogP contribution in [0.3, 0.4) is 0 Å². The molecular weight excluding hydrogens is 781 g/mol. The van der Waals surface area contributed by atoms with Gasteiger partial charge in [-0.25, -0.2) is 4.79 Å². The molecule has 0 bridgehead atoms. The second kappa shape index (κ2) is 14.0. The summed E-state index contributed by atoms with van der Waals surface area (Å²) in [6.45, 7) is 3.40. The molecule has 0 heterocycles. The summed E-state index contributed by atoms with van der Waals surface area (Å²) < 4.78 is 5.80. The van der Waals surface area contributed by atoms with Crippen LogP contribution in [0, 0.1) is 70.0 Å². The van der Waals surface area contributed by atoms with E-state index in [2.05, 4.69) is 38.6 Å². The number of benzene rings is 4. The molecule has 6 aliphatic rings. The van der Waals surface area contributed by atoms with E-state index < -0.39 is 52.4 Å². The predicted molar refractivity (Wildman–Crippen MR) is 219 cm³/mol. The molecule has 4 unspecified atom stereocenters. The maximum absolute atomic E-state index is 14.2. The van der Waals surface area contributed by atoms with Gasteiger partial charge >= 0.3 is 5.97 Å². The Kier molecular flexibility index (Phi) is 8.91. The van der Waals surface area contributed by atoms with Gasteiger partial charge in [0.1, 0.15) is 6.04 Å². The molecule has 5 amide bonds. The highest BCUT2D eigenvalue weighted by molar-refractivity contribution is 6.11. The number of aromatic carboxylic acids is 1. The number of anilines is 4. The Morgan fingerprint density at radius 3 is 1.82 bits per heavy atom. The lowest BCUT2D eigenvalue weighted by Crippen LogP contribution is -3.13. The molecule has 0 aliphatic heterocycles. The first-order valence-corrected chi connectivity index (χ1v) is 19.7. The van der Waals surface area contributed by atoms with Crippen molar-refractivity contribution in [3.05, 3.63) is 107 Å². The molecular formula is C46H38N6O9. The SMILES string of the molecule is C#CC[C@H](NC(=O)C12C3C4C5C3C1(C(=O)Nc1ccc(C#N)cc1)C5C42)C(=O)Nc1ccc(C(=O)Nc2ccc(C(=O)Nc3ccc(C(=O)O)cc3)c(O)c2OC(C)C)cc1. The maximum Gasteiger partial charge on any atom is 0.335 e. The normalized spacial score (nSPS) is 26.3. The van der Waals surface area contributed by atoms with E-state index in [1.807, 2.05) is 0 Å². The van der Waals surface area contributed by atoms with Crippen LogP contribution in [0.5, 0.6) is 11.5 Å². The first-order chi connectivity index (χ1) is 29.3. The smallest absolute Gasteiger partial charge is 0.335 e. The lowest BCUT2D eigenvalue weighted by Gasteiger charge is -3.09. The van der Waals surface area contributed by atoms with Crippen molar-refractivity contribution < 1.29 is 43.7 Å². The molecule has 5 atom stereocenters. The summed E-state index contributed by atoms with van der Waals surface area (Å²) in [5.41, 5.74) is 0.0690. The number of nitriles is 1. The number of terminal acetylenes is 1. The third-order valence-electron chi connectivity index (χ3n) is 13.4. The third-order valence-corrected chi connectivity index (χ3v) is 13.4. The van der Waals surface area contributed by atoms with Crippen LogP contribution >= 0.6 is 0 Å². The van der Waals surface area contributed by atoms with Crippen LogP contribution in [0.15, 0.2) is 84.9 Å². The summed E-state index contributed by atoms with van der Waals surface area (Å²) >= 11 is 0. The molecule has 0 saturated heterocycles. The van der Waals surface area contributed by atoms with E-state index in [-0.39, 0.29) is 70.0 Å². The first-order valence-electron chi connectivity index (χ1n) is 19.7. The summed E-state index contributed by atoms with van der Waals surface area (Å²) in [7, 11) is 0. The molecule has 4 aromatic carbocycles. The number of phenols is 1. The number of ether oxygens (including phenoxy) is 1. The summed E-state index contributed by atoms with van der Waals surface area (Å²) in [6.07, 6.45) is 5.08. The van der Waals surface area contributed by atoms with Crippen molar-refractivity contribution in [2.75, 3.05) is 21.3 Å². The number of nitrogens with zero attached hydrogens (tertiary/aromatic N) is 1. The van der Waals surface area contributed by atoms with Crippen LogP contribution in [0.4, 0.5) is 22.7 Å². The van der Waals surface area contributed by atoms with Gasteiger partial charge in [0.2, 0.25) is 17.7 Å². The third kappa shape index (κ3) is 5.36. The number of phenolic OH excluding ortho intramolecular Hbond substituents is 1. The molecule has 7 N–H and O–H groups in total. The Balaban J connectivity index is 0.845. The second-order valence-electron chi connectivity index (χ2n) is 16.4. The molecule has 15 heteroatoms. The highest BCUT2D eigenvalue weighted by Crippen LogP contribution is 3.10. The van der Waals surface area contributed by atoms with Crippen LogP contribution < -0.4 is 31.3 Å². The molecule has 6 fully saturated rings. The van der Waals surface area contributed by atoms with Gasteiger partial charge in [0.15, 0.2) is 11.5 Å². The second-order valence-corrected chi connectivity index (χ2v) is 16.4. The Morgan fingerprint density at radius 2 is 1.26 bits per heavy atom. The molecule has 6 aliphatic carbocycles. The molecule has 306 valence electrons. The number of amides is 5. The van der Waals surface area contributed by atoms with Gasteiger partial charge < -0.3 is 41.5 Å². The summed E-state index contributed by atoms with van der Waals surface area (Å²) in [5.74, 6) is -0.281. The van der Waals surface area contributed by atoms with Crippen LogP contribution in [0.2, 0.25) is 0 Å².